The molecule has 0 spiro atoms. The first-order valence-electron chi connectivity index (χ1n) is 10.9. The van der Waals surface area contributed by atoms with Gasteiger partial charge < -0.3 is 5.32 Å². The van der Waals surface area contributed by atoms with E-state index in [1.54, 1.807) is 24.3 Å². The van der Waals surface area contributed by atoms with Gasteiger partial charge in [-0.05, 0) is 42.7 Å². The molecule has 0 radical (unpaired) electrons. The minimum absolute atomic E-state index is 0.0772. The predicted molar refractivity (Wildman–Crippen MR) is 121 cm³/mol. The second-order valence-corrected chi connectivity index (χ2v) is 10.2. The Morgan fingerprint density at radius 1 is 0.806 bits per heavy atom. The fraction of sp³-hybridized carbons (Fsp3) is 0.435. The Morgan fingerprint density at radius 2 is 1.42 bits per heavy atom. The number of piperazine rings is 1. The summed E-state index contributed by atoms with van der Waals surface area (Å²) in [6.45, 7) is 6.02. The Bertz CT molecular complexity index is 966. The van der Waals surface area contributed by atoms with Gasteiger partial charge >= 0.3 is 0 Å². The number of hydrogen-bond acceptors (Lipinski definition) is 5. The highest BCUT2D eigenvalue weighted by Gasteiger charge is 2.27. The molecule has 0 atom stereocenters. The molecule has 0 unspecified atom stereocenters. The molecule has 166 valence electrons. The van der Waals surface area contributed by atoms with Gasteiger partial charge in [0.25, 0.3) is 0 Å². The lowest BCUT2D eigenvalue weighted by atomic mass is 10.2. The molecule has 2 saturated heterocycles. The Balaban J connectivity index is 1.24. The molecule has 2 fully saturated rings. The Morgan fingerprint density at radius 3 is 2.06 bits per heavy atom. The molecular weight excluding hydrogens is 412 g/mol. The highest BCUT2D eigenvalue weighted by molar-refractivity contribution is 7.89. The zero-order chi connectivity index (χ0) is 21.7. The molecular formula is C23H30N4O3S. The molecule has 1 amide bonds. The maximum Gasteiger partial charge on any atom is 0.243 e. The Hall–Kier alpha value is -2.26. The molecule has 7 nitrogen and oxygen atoms in total. The summed E-state index contributed by atoms with van der Waals surface area (Å²) in [5.41, 5.74) is 1.93. The third kappa shape index (κ3) is 5.71. The largest absolute Gasteiger partial charge is 0.325 e. The van der Waals surface area contributed by atoms with Crippen molar-refractivity contribution in [2.45, 2.75) is 24.3 Å². The molecule has 1 N–H and O–H groups in total. The van der Waals surface area contributed by atoms with Crippen molar-refractivity contribution in [2.24, 2.45) is 0 Å². The molecule has 2 aromatic rings. The fourth-order valence-electron chi connectivity index (χ4n) is 4.14. The Labute approximate surface area is 184 Å². The maximum absolute atomic E-state index is 12.6. The maximum atomic E-state index is 12.6. The van der Waals surface area contributed by atoms with E-state index in [4.69, 9.17) is 0 Å². The van der Waals surface area contributed by atoms with E-state index in [0.717, 1.165) is 45.6 Å². The summed E-state index contributed by atoms with van der Waals surface area (Å²) in [4.78, 5) is 17.3. The molecule has 2 heterocycles. The number of nitrogens with one attached hydrogen (secondary N) is 1. The average molecular weight is 443 g/mol. The molecule has 8 heteroatoms. The molecule has 2 aliphatic rings. The minimum Gasteiger partial charge on any atom is -0.325 e. The number of carbonyl (C=O) groups is 1. The monoisotopic (exact) mass is 442 g/mol. The van der Waals surface area contributed by atoms with Gasteiger partial charge in [0, 0.05) is 51.5 Å². The summed E-state index contributed by atoms with van der Waals surface area (Å²) >= 11 is 0. The van der Waals surface area contributed by atoms with Gasteiger partial charge in [0.05, 0.1) is 11.4 Å². The number of nitrogens with zero attached hydrogens (tertiary/aromatic N) is 3. The third-order valence-electron chi connectivity index (χ3n) is 5.92. The topological polar surface area (TPSA) is 73.0 Å². The molecule has 4 rings (SSSR count). The van der Waals surface area contributed by atoms with Gasteiger partial charge in [-0.3, -0.25) is 14.6 Å². The number of carbonyl (C=O) groups excluding carboxylic acids is 1. The van der Waals surface area contributed by atoms with Gasteiger partial charge in [-0.15, -0.1) is 0 Å². The van der Waals surface area contributed by atoms with Crippen molar-refractivity contribution in [1.29, 1.82) is 0 Å². The van der Waals surface area contributed by atoms with Crippen LogP contribution in [0.1, 0.15) is 18.4 Å². The quantitative estimate of drug-likeness (QED) is 0.712. The fourth-order valence-corrected chi connectivity index (χ4v) is 5.66. The minimum atomic E-state index is -3.43. The lowest BCUT2D eigenvalue weighted by Crippen LogP contribution is -2.48. The highest BCUT2D eigenvalue weighted by Crippen LogP contribution is 2.22. The van der Waals surface area contributed by atoms with Crippen molar-refractivity contribution < 1.29 is 13.2 Å². The van der Waals surface area contributed by atoms with Crippen molar-refractivity contribution in [3.63, 3.8) is 0 Å². The van der Waals surface area contributed by atoms with Crippen LogP contribution < -0.4 is 5.32 Å². The molecule has 0 aliphatic carbocycles. The molecule has 0 bridgehead atoms. The number of rotatable bonds is 7. The number of benzene rings is 2. The van der Waals surface area contributed by atoms with Crippen LogP contribution in [0.5, 0.6) is 0 Å². The van der Waals surface area contributed by atoms with Crippen LogP contribution in [0.25, 0.3) is 0 Å². The number of anilines is 1. The van der Waals surface area contributed by atoms with Gasteiger partial charge in [0.1, 0.15) is 0 Å². The van der Waals surface area contributed by atoms with E-state index >= 15 is 0 Å². The van der Waals surface area contributed by atoms with Crippen molar-refractivity contribution in [1.82, 2.24) is 14.1 Å². The predicted octanol–water partition coefficient (Wildman–Crippen LogP) is 2.23. The van der Waals surface area contributed by atoms with Gasteiger partial charge in [0.2, 0.25) is 15.9 Å². The first-order chi connectivity index (χ1) is 15.0. The van der Waals surface area contributed by atoms with Crippen LogP contribution in [0.3, 0.4) is 0 Å². The first kappa shape index (κ1) is 22.0. The van der Waals surface area contributed by atoms with E-state index in [1.807, 2.05) is 6.07 Å². The summed E-state index contributed by atoms with van der Waals surface area (Å²) in [7, 11) is -3.43. The molecule has 2 aliphatic heterocycles. The van der Waals surface area contributed by atoms with Crippen molar-refractivity contribution >= 4 is 21.6 Å². The second kappa shape index (κ2) is 9.91. The number of sulfonamides is 1. The van der Waals surface area contributed by atoms with Crippen LogP contribution >= 0.6 is 0 Å². The summed E-state index contributed by atoms with van der Waals surface area (Å²) in [6, 6.07) is 16.9. The smallest absolute Gasteiger partial charge is 0.243 e. The van der Waals surface area contributed by atoms with Gasteiger partial charge in [0.15, 0.2) is 0 Å². The average Bonchev–Trinajstić information content (AvgIpc) is 3.32. The SMILES string of the molecule is O=C(CN1CCN(Cc2ccccc2)CC1)Nc1ccc(S(=O)(=O)N2CCCC2)cc1. The summed E-state index contributed by atoms with van der Waals surface area (Å²) in [5.74, 6) is -0.0772. The lowest BCUT2D eigenvalue weighted by Gasteiger charge is -2.34. The van der Waals surface area contributed by atoms with E-state index in [9.17, 15) is 13.2 Å². The van der Waals surface area contributed by atoms with Crippen molar-refractivity contribution in [3.05, 3.63) is 60.2 Å². The van der Waals surface area contributed by atoms with Crippen LogP contribution in [-0.2, 0) is 21.4 Å². The normalized spacial score (nSPS) is 18.8. The van der Waals surface area contributed by atoms with Crippen LogP contribution in [-0.4, -0.2) is 74.2 Å². The van der Waals surface area contributed by atoms with Crippen LogP contribution in [0, 0.1) is 0 Å². The Kier molecular flexibility index (Phi) is 7.02. The first-order valence-corrected chi connectivity index (χ1v) is 12.3. The summed E-state index contributed by atoms with van der Waals surface area (Å²) < 4.78 is 26.7. The molecule has 2 aromatic carbocycles. The van der Waals surface area contributed by atoms with Crippen molar-refractivity contribution in [2.75, 3.05) is 51.1 Å². The van der Waals surface area contributed by atoms with Crippen LogP contribution in [0.15, 0.2) is 59.5 Å². The third-order valence-corrected chi connectivity index (χ3v) is 7.83. The molecule has 31 heavy (non-hydrogen) atoms. The number of hydrogen-bond donors (Lipinski definition) is 1. The van der Waals surface area contributed by atoms with Gasteiger partial charge in [-0.25, -0.2) is 8.42 Å². The standard InChI is InChI=1S/C23H30N4O3S/c28-23(19-26-16-14-25(15-17-26)18-20-6-2-1-3-7-20)24-21-8-10-22(11-9-21)31(29,30)27-12-4-5-13-27/h1-3,6-11H,4-5,12-19H2,(H,24,28). The molecule has 0 saturated carbocycles. The second-order valence-electron chi connectivity index (χ2n) is 8.22. The van der Waals surface area contributed by atoms with E-state index in [1.165, 1.54) is 9.87 Å². The zero-order valence-corrected chi connectivity index (χ0v) is 18.6. The summed E-state index contributed by atoms with van der Waals surface area (Å²) in [5, 5.41) is 2.89. The van der Waals surface area contributed by atoms with Crippen LogP contribution in [0.4, 0.5) is 5.69 Å². The highest BCUT2D eigenvalue weighted by atomic mass is 32.2. The summed E-state index contributed by atoms with van der Waals surface area (Å²) in [6.07, 6.45) is 1.82. The zero-order valence-electron chi connectivity index (χ0n) is 17.7. The van der Waals surface area contributed by atoms with E-state index in [-0.39, 0.29) is 10.8 Å². The van der Waals surface area contributed by atoms with Crippen molar-refractivity contribution in [3.8, 4) is 0 Å². The van der Waals surface area contributed by atoms with Gasteiger partial charge in [-0.1, -0.05) is 30.3 Å². The van der Waals surface area contributed by atoms with E-state index in [0.29, 0.717) is 25.3 Å². The van der Waals surface area contributed by atoms with Gasteiger partial charge in [-0.2, -0.15) is 4.31 Å². The van der Waals surface area contributed by atoms with E-state index < -0.39 is 10.0 Å². The van der Waals surface area contributed by atoms with E-state index in [2.05, 4.69) is 39.4 Å². The number of amides is 1. The lowest BCUT2D eigenvalue weighted by molar-refractivity contribution is -0.117. The molecule has 0 aromatic heterocycles. The van der Waals surface area contributed by atoms with Crippen LogP contribution in [0.2, 0.25) is 0 Å².